The lowest BCUT2D eigenvalue weighted by atomic mass is 10.1. The van der Waals surface area contributed by atoms with E-state index in [-0.39, 0.29) is 11.8 Å². The fourth-order valence-corrected chi connectivity index (χ4v) is 2.45. The summed E-state index contributed by atoms with van der Waals surface area (Å²) in [6.07, 6.45) is 1.08. The van der Waals surface area contributed by atoms with Crippen molar-refractivity contribution in [3.63, 3.8) is 0 Å². The van der Waals surface area contributed by atoms with Crippen molar-refractivity contribution in [1.29, 1.82) is 0 Å². The normalized spacial score (nSPS) is 19.6. The molecule has 1 fully saturated rings. The molecule has 4 heteroatoms. The van der Waals surface area contributed by atoms with Gasteiger partial charge in [-0.1, -0.05) is 32.4 Å². The Hall–Kier alpha value is -1.09. The molecule has 2 rings (SSSR count). The van der Waals surface area contributed by atoms with Gasteiger partial charge in [0, 0.05) is 24.3 Å². The standard InChI is InChI=1S/C14H19ClN2O/c1-9(2)12-6-11(7-13(15)16-12)14(18)17-5-4-10(3)8-17/h6-7,9-10H,4-5,8H2,1-3H3. The van der Waals surface area contributed by atoms with Crippen LogP contribution >= 0.6 is 11.6 Å². The molecule has 18 heavy (non-hydrogen) atoms. The van der Waals surface area contributed by atoms with Gasteiger partial charge in [-0.05, 0) is 30.4 Å². The second-order valence-electron chi connectivity index (χ2n) is 5.40. The molecule has 1 aliphatic heterocycles. The number of likely N-dealkylation sites (tertiary alicyclic amines) is 1. The highest BCUT2D eigenvalue weighted by atomic mass is 35.5. The van der Waals surface area contributed by atoms with E-state index in [1.165, 1.54) is 0 Å². The van der Waals surface area contributed by atoms with E-state index >= 15 is 0 Å². The van der Waals surface area contributed by atoms with Crippen molar-refractivity contribution in [3.8, 4) is 0 Å². The number of amides is 1. The van der Waals surface area contributed by atoms with Gasteiger partial charge >= 0.3 is 0 Å². The molecule has 1 amide bonds. The smallest absolute Gasteiger partial charge is 0.254 e. The predicted molar refractivity (Wildman–Crippen MR) is 73.0 cm³/mol. The molecule has 1 unspecified atom stereocenters. The third-order valence-electron chi connectivity index (χ3n) is 3.36. The van der Waals surface area contributed by atoms with Crippen molar-refractivity contribution in [2.24, 2.45) is 5.92 Å². The van der Waals surface area contributed by atoms with Crippen molar-refractivity contribution in [3.05, 3.63) is 28.5 Å². The van der Waals surface area contributed by atoms with E-state index in [0.29, 0.717) is 16.6 Å². The second-order valence-corrected chi connectivity index (χ2v) is 5.79. The first-order valence-electron chi connectivity index (χ1n) is 6.44. The van der Waals surface area contributed by atoms with Crippen LogP contribution in [0.15, 0.2) is 12.1 Å². The van der Waals surface area contributed by atoms with Gasteiger partial charge in [-0.15, -0.1) is 0 Å². The molecule has 1 saturated heterocycles. The van der Waals surface area contributed by atoms with Crippen molar-refractivity contribution in [2.45, 2.75) is 33.1 Å². The Morgan fingerprint density at radius 2 is 2.22 bits per heavy atom. The topological polar surface area (TPSA) is 33.2 Å². The van der Waals surface area contributed by atoms with Crippen LogP contribution in [0, 0.1) is 5.92 Å². The van der Waals surface area contributed by atoms with Gasteiger partial charge in [-0.2, -0.15) is 0 Å². The number of hydrogen-bond donors (Lipinski definition) is 0. The van der Waals surface area contributed by atoms with Crippen LogP contribution in [0.25, 0.3) is 0 Å². The summed E-state index contributed by atoms with van der Waals surface area (Å²) in [5.74, 6) is 0.939. The monoisotopic (exact) mass is 266 g/mol. The number of nitrogens with zero attached hydrogens (tertiary/aromatic N) is 2. The summed E-state index contributed by atoms with van der Waals surface area (Å²) in [4.78, 5) is 18.5. The van der Waals surface area contributed by atoms with E-state index in [2.05, 4.69) is 11.9 Å². The number of hydrogen-bond acceptors (Lipinski definition) is 2. The van der Waals surface area contributed by atoms with Gasteiger partial charge in [-0.3, -0.25) is 4.79 Å². The highest BCUT2D eigenvalue weighted by molar-refractivity contribution is 6.29. The molecular weight excluding hydrogens is 248 g/mol. The summed E-state index contributed by atoms with van der Waals surface area (Å²) in [5, 5.41) is 0.400. The van der Waals surface area contributed by atoms with Gasteiger partial charge in [-0.25, -0.2) is 4.98 Å². The molecule has 1 aromatic rings. The molecule has 0 N–H and O–H groups in total. The van der Waals surface area contributed by atoms with Gasteiger partial charge < -0.3 is 4.90 Å². The maximum absolute atomic E-state index is 12.4. The van der Waals surface area contributed by atoms with Crippen LogP contribution in [0.3, 0.4) is 0 Å². The fourth-order valence-electron chi connectivity index (χ4n) is 2.24. The van der Waals surface area contributed by atoms with E-state index in [9.17, 15) is 4.79 Å². The summed E-state index contributed by atoms with van der Waals surface area (Å²) in [6, 6.07) is 3.53. The first-order valence-corrected chi connectivity index (χ1v) is 6.82. The second kappa shape index (κ2) is 5.27. The molecule has 2 heterocycles. The maximum Gasteiger partial charge on any atom is 0.254 e. The predicted octanol–water partition coefficient (Wildman–Crippen LogP) is 3.34. The molecule has 1 aliphatic rings. The third-order valence-corrected chi connectivity index (χ3v) is 3.56. The summed E-state index contributed by atoms with van der Waals surface area (Å²) in [6.45, 7) is 7.95. The van der Waals surface area contributed by atoms with Gasteiger partial charge in [0.1, 0.15) is 5.15 Å². The Morgan fingerprint density at radius 3 is 2.78 bits per heavy atom. The van der Waals surface area contributed by atoms with Crippen LogP contribution < -0.4 is 0 Å². The van der Waals surface area contributed by atoms with E-state index in [4.69, 9.17) is 11.6 Å². The highest BCUT2D eigenvalue weighted by Gasteiger charge is 2.24. The summed E-state index contributed by atoms with van der Waals surface area (Å²) < 4.78 is 0. The largest absolute Gasteiger partial charge is 0.338 e. The van der Waals surface area contributed by atoms with Crippen molar-refractivity contribution >= 4 is 17.5 Å². The lowest BCUT2D eigenvalue weighted by Gasteiger charge is -2.17. The zero-order chi connectivity index (χ0) is 13.3. The molecule has 98 valence electrons. The maximum atomic E-state index is 12.4. The Morgan fingerprint density at radius 1 is 1.50 bits per heavy atom. The summed E-state index contributed by atoms with van der Waals surface area (Å²) >= 11 is 5.99. The van der Waals surface area contributed by atoms with Gasteiger partial charge in [0.15, 0.2) is 0 Å². The lowest BCUT2D eigenvalue weighted by molar-refractivity contribution is 0.0788. The lowest BCUT2D eigenvalue weighted by Crippen LogP contribution is -2.28. The van der Waals surface area contributed by atoms with E-state index in [1.54, 1.807) is 6.07 Å². The van der Waals surface area contributed by atoms with Crippen molar-refractivity contribution in [2.75, 3.05) is 13.1 Å². The van der Waals surface area contributed by atoms with Crippen molar-refractivity contribution < 1.29 is 4.79 Å². The van der Waals surface area contributed by atoms with E-state index in [0.717, 1.165) is 25.2 Å². The Labute approximate surface area is 113 Å². The molecular formula is C14H19ClN2O. The van der Waals surface area contributed by atoms with Crippen LogP contribution in [0.2, 0.25) is 5.15 Å². The Balaban J connectivity index is 2.24. The SMILES string of the molecule is CC1CCN(C(=O)c2cc(Cl)nc(C(C)C)c2)C1. The van der Waals surface area contributed by atoms with Crippen LogP contribution in [0.5, 0.6) is 0 Å². The Bertz CT molecular complexity index is 459. The minimum atomic E-state index is 0.0746. The number of aromatic nitrogens is 1. The fraction of sp³-hybridized carbons (Fsp3) is 0.571. The third kappa shape index (κ3) is 2.83. The molecule has 0 saturated carbocycles. The minimum absolute atomic E-state index is 0.0746. The number of rotatable bonds is 2. The average molecular weight is 267 g/mol. The number of pyridine rings is 1. The molecule has 0 aromatic carbocycles. The molecule has 1 aromatic heterocycles. The quantitative estimate of drug-likeness (QED) is 0.769. The number of carbonyl (C=O) groups excluding carboxylic acids is 1. The molecule has 0 aliphatic carbocycles. The average Bonchev–Trinajstić information content (AvgIpc) is 2.74. The van der Waals surface area contributed by atoms with Crippen LogP contribution in [0.4, 0.5) is 0 Å². The molecule has 0 radical (unpaired) electrons. The van der Waals surface area contributed by atoms with Gasteiger partial charge in [0.25, 0.3) is 5.91 Å². The molecule has 3 nitrogen and oxygen atoms in total. The van der Waals surface area contributed by atoms with Crippen LogP contribution in [-0.2, 0) is 0 Å². The first-order chi connectivity index (χ1) is 8.47. The van der Waals surface area contributed by atoms with Gasteiger partial charge in [0.05, 0.1) is 0 Å². The van der Waals surface area contributed by atoms with Crippen molar-refractivity contribution in [1.82, 2.24) is 9.88 Å². The van der Waals surface area contributed by atoms with E-state index in [1.807, 2.05) is 24.8 Å². The Kier molecular flexibility index (Phi) is 3.91. The highest BCUT2D eigenvalue weighted by Crippen LogP contribution is 2.22. The summed E-state index contributed by atoms with van der Waals surface area (Å²) in [7, 11) is 0. The van der Waals surface area contributed by atoms with Gasteiger partial charge in [0.2, 0.25) is 0 Å². The zero-order valence-electron chi connectivity index (χ0n) is 11.1. The molecule has 1 atom stereocenters. The number of carbonyl (C=O) groups is 1. The first kappa shape index (κ1) is 13.3. The summed E-state index contributed by atoms with van der Waals surface area (Å²) in [5.41, 5.74) is 1.53. The van der Waals surface area contributed by atoms with Crippen LogP contribution in [0.1, 0.15) is 49.2 Å². The molecule has 0 spiro atoms. The zero-order valence-corrected chi connectivity index (χ0v) is 11.9. The van der Waals surface area contributed by atoms with Crippen LogP contribution in [-0.4, -0.2) is 28.9 Å². The number of halogens is 1. The van der Waals surface area contributed by atoms with E-state index < -0.39 is 0 Å². The molecule has 0 bridgehead atoms. The minimum Gasteiger partial charge on any atom is -0.338 e.